The highest BCUT2D eigenvalue weighted by Crippen LogP contribution is 2.35. The minimum atomic E-state index is -0.269. The van der Waals surface area contributed by atoms with E-state index in [1.165, 1.54) is 6.92 Å². The first-order valence-corrected chi connectivity index (χ1v) is 7.56. The Hall–Kier alpha value is -0.130. The van der Waals surface area contributed by atoms with Crippen LogP contribution in [0.25, 0.3) is 0 Å². The van der Waals surface area contributed by atoms with Gasteiger partial charge in [-0.3, -0.25) is 4.79 Å². The number of hydrogen-bond acceptors (Lipinski definition) is 4. The second-order valence-electron chi connectivity index (χ2n) is 4.98. The number of ether oxygens (including phenoxy) is 3. The van der Waals surface area contributed by atoms with Gasteiger partial charge >= 0.3 is 5.97 Å². The summed E-state index contributed by atoms with van der Waals surface area (Å²) in [5.41, 5.74) is 0. The molecule has 1 rings (SSSR count). The van der Waals surface area contributed by atoms with Crippen LogP contribution in [0, 0.1) is 17.8 Å². The molecular formula is C13H23BrO4. The maximum atomic E-state index is 10.9. The molecule has 4 nitrogen and oxygen atoms in total. The number of esters is 1. The third kappa shape index (κ3) is 4.21. The number of alkyl halides is 1. The lowest BCUT2D eigenvalue weighted by atomic mass is 9.79. The topological polar surface area (TPSA) is 44.8 Å². The van der Waals surface area contributed by atoms with Crippen LogP contribution in [-0.4, -0.2) is 36.9 Å². The first kappa shape index (κ1) is 15.9. The molecular weight excluding hydrogens is 300 g/mol. The molecule has 0 radical (unpaired) electrons. The predicted octanol–water partition coefficient (Wildman–Crippen LogP) is 2.59. The zero-order valence-corrected chi connectivity index (χ0v) is 13.1. The van der Waals surface area contributed by atoms with E-state index in [4.69, 9.17) is 14.2 Å². The zero-order valence-electron chi connectivity index (χ0n) is 11.5. The number of carbonyl (C=O) groups excluding carboxylic acids is 1. The van der Waals surface area contributed by atoms with Gasteiger partial charge in [0.2, 0.25) is 0 Å². The van der Waals surface area contributed by atoms with Crippen molar-refractivity contribution in [2.45, 2.75) is 40.1 Å². The molecule has 1 heterocycles. The second-order valence-corrected chi connectivity index (χ2v) is 5.78. The minimum absolute atomic E-state index is 0.0829. The largest absolute Gasteiger partial charge is 0.463 e. The molecule has 18 heavy (non-hydrogen) atoms. The SMILES string of the molecule is CC(=O)OCC1O[C@H](OCCBr)C(C)[C@@H](C)[C@@H]1C. The van der Waals surface area contributed by atoms with E-state index in [9.17, 15) is 4.79 Å². The lowest BCUT2D eigenvalue weighted by molar-refractivity contribution is -0.253. The average molecular weight is 323 g/mol. The van der Waals surface area contributed by atoms with Gasteiger partial charge in [0.25, 0.3) is 0 Å². The van der Waals surface area contributed by atoms with Gasteiger partial charge in [0, 0.05) is 18.2 Å². The van der Waals surface area contributed by atoms with Crippen molar-refractivity contribution in [3.63, 3.8) is 0 Å². The maximum absolute atomic E-state index is 10.9. The number of rotatable bonds is 5. The Bertz CT molecular complexity index is 272. The molecule has 1 fully saturated rings. The average Bonchev–Trinajstić information content (AvgIpc) is 2.34. The summed E-state index contributed by atoms with van der Waals surface area (Å²) in [6, 6.07) is 0. The Labute approximate surface area is 117 Å². The number of carbonyl (C=O) groups is 1. The van der Waals surface area contributed by atoms with Gasteiger partial charge in [0.05, 0.1) is 12.7 Å². The molecule has 0 bridgehead atoms. The normalized spacial score (nSPS) is 36.4. The molecule has 1 aliphatic rings. The van der Waals surface area contributed by atoms with Crippen LogP contribution in [0.2, 0.25) is 0 Å². The number of halogens is 1. The van der Waals surface area contributed by atoms with Gasteiger partial charge in [-0.15, -0.1) is 0 Å². The van der Waals surface area contributed by atoms with Gasteiger partial charge < -0.3 is 14.2 Å². The summed E-state index contributed by atoms with van der Waals surface area (Å²) < 4.78 is 16.7. The van der Waals surface area contributed by atoms with Gasteiger partial charge in [-0.2, -0.15) is 0 Å². The van der Waals surface area contributed by atoms with Crippen molar-refractivity contribution >= 4 is 21.9 Å². The Morgan fingerprint density at radius 1 is 1.22 bits per heavy atom. The Morgan fingerprint density at radius 2 is 1.89 bits per heavy atom. The first-order valence-electron chi connectivity index (χ1n) is 6.43. The Balaban J connectivity index is 2.58. The highest BCUT2D eigenvalue weighted by molar-refractivity contribution is 9.09. The fraction of sp³-hybridized carbons (Fsp3) is 0.923. The molecule has 1 aliphatic heterocycles. The third-order valence-corrected chi connectivity index (χ3v) is 4.12. The van der Waals surface area contributed by atoms with Crippen LogP contribution in [0.4, 0.5) is 0 Å². The summed E-state index contributed by atoms with van der Waals surface area (Å²) in [4.78, 5) is 10.9. The molecule has 0 aromatic carbocycles. The van der Waals surface area contributed by atoms with Crippen molar-refractivity contribution in [2.24, 2.45) is 17.8 Å². The van der Waals surface area contributed by atoms with Crippen molar-refractivity contribution in [2.75, 3.05) is 18.5 Å². The smallest absolute Gasteiger partial charge is 0.302 e. The Kier molecular flexibility index (Phi) is 6.60. The Morgan fingerprint density at radius 3 is 2.44 bits per heavy atom. The molecule has 0 amide bonds. The van der Waals surface area contributed by atoms with E-state index >= 15 is 0 Å². The van der Waals surface area contributed by atoms with Gasteiger partial charge in [0.1, 0.15) is 6.61 Å². The standard InChI is InChI=1S/C13H23BrO4/c1-8-9(2)12(7-17-11(4)15)18-13(10(8)3)16-6-5-14/h8-10,12-13H,5-7H2,1-4H3/t8-,9-,10?,12?,13-/m0/s1. The summed E-state index contributed by atoms with van der Waals surface area (Å²) in [6.45, 7) is 8.82. The van der Waals surface area contributed by atoms with Crippen LogP contribution in [0.3, 0.4) is 0 Å². The molecule has 0 aromatic heterocycles. The zero-order chi connectivity index (χ0) is 13.7. The van der Waals surface area contributed by atoms with E-state index in [2.05, 4.69) is 36.7 Å². The van der Waals surface area contributed by atoms with Crippen LogP contribution in [0.5, 0.6) is 0 Å². The van der Waals surface area contributed by atoms with Crippen LogP contribution in [-0.2, 0) is 19.0 Å². The molecule has 1 saturated heterocycles. The van der Waals surface area contributed by atoms with Crippen molar-refractivity contribution < 1.29 is 19.0 Å². The highest BCUT2D eigenvalue weighted by atomic mass is 79.9. The molecule has 0 saturated carbocycles. The van der Waals surface area contributed by atoms with Crippen LogP contribution >= 0.6 is 15.9 Å². The second kappa shape index (κ2) is 7.46. The first-order chi connectivity index (χ1) is 8.47. The third-order valence-electron chi connectivity index (χ3n) is 3.79. The molecule has 2 unspecified atom stereocenters. The van der Waals surface area contributed by atoms with Crippen LogP contribution < -0.4 is 0 Å². The van der Waals surface area contributed by atoms with Crippen LogP contribution in [0.1, 0.15) is 27.7 Å². The summed E-state index contributed by atoms with van der Waals surface area (Å²) >= 11 is 3.34. The fourth-order valence-corrected chi connectivity index (χ4v) is 2.41. The van der Waals surface area contributed by atoms with Crippen LogP contribution in [0.15, 0.2) is 0 Å². The lowest BCUT2D eigenvalue weighted by Crippen LogP contribution is -2.48. The van der Waals surface area contributed by atoms with Crippen molar-refractivity contribution in [3.05, 3.63) is 0 Å². The summed E-state index contributed by atoms with van der Waals surface area (Å²) in [5.74, 6) is 0.894. The monoisotopic (exact) mass is 322 g/mol. The van der Waals surface area contributed by atoms with Crippen molar-refractivity contribution in [3.8, 4) is 0 Å². The molecule has 5 heteroatoms. The van der Waals surface area contributed by atoms with Gasteiger partial charge in [-0.05, 0) is 11.8 Å². The fourth-order valence-electron chi connectivity index (χ4n) is 2.23. The van der Waals surface area contributed by atoms with Gasteiger partial charge in [-0.1, -0.05) is 36.7 Å². The van der Waals surface area contributed by atoms with Gasteiger partial charge in [-0.25, -0.2) is 0 Å². The minimum Gasteiger partial charge on any atom is -0.463 e. The van der Waals surface area contributed by atoms with Crippen molar-refractivity contribution in [1.29, 1.82) is 0 Å². The molecule has 0 aromatic rings. The van der Waals surface area contributed by atoms with E-state index in [-0.39, 0.29) is 18.4 Å². The molecule has 106 valence electrons. The van der Waals surface area contributed by atoms with E-state index < -0.39 is 0 Å². The number of hydrogen-bond donors (Lipinski definition) is 0. The maximum Gasteiger partial charge on any atom is 0.302 e. The molecule has 0 aliphatic carbocycles. The van der Waals surface area contributed by atoms with E-state index in [0.717, 1.165) is 5.33 Å². The quantitative estimate of drug-likeness (QED) is 0.576. The molecule has 0 N–H and O–H groups in total. The van der Waals surface area contributed by atoms with E-state index in [1.54, 1.807) is 0 Å². The van der Waals surface area contributed by atoms with E-state index in [1.807, 2.05) is 0 Å². The summed E-state index contributed by atoms with van der Waals surface area (Å²) in [5, 5.41) is 0.790. The van der Waals surface area contributed by atoms with Gasteiger partial charge in [0.15, 0.2) is 6.29 Å². The van der Waals surface area contributed by atoms with E-state index in [0.29, 0.717) is 31.0 Å². The molecule has 0 spiro atoms. The summed E-state index contributed by atoms with van der Waals surface area (Å²) in [6.07, 6.45) is -0.297. The lowest BCUT2D eigenvalue weighted by Gasteiger charge is -2.43. The highest BCUT2D eigenvalue weighted by Gasteiger charge is 2.39. The van der Waals surface area contributed by atoms with Crippen molar-refractivity contribution in [1.82, 2.24) is 0 Å². The molecule has 5 atom stereocenters. The summed E-state index contributed by atoms with van der Waals surface area (Å²) in [7, 11) is 0. The predicted molar refractivity (Wildman–Crippen MR) is 72.5 cm³/mol.